The Bertz CT molecular complexity index is 7710. The first kappa shape index (κ1) is 90.1. The summed E-state index contributed by atoms with van der Waals surface area (Å²) in [5.74, 6) is -1.72. The van der Waals surface area contributed by atoms with Crippen molar-refractivity contribution in [3.05, 3.63) is 319 Å². The molecule has 0 bridgehead atoms. The highest BCUT2D eigenvalue weighted by Crippen LogP contribution is 2.62. The summed E-state index contributed by atoms with van der Waals surface area (Å²) < 4.78 is 29.4. The molecular weight excluding hydrogens is 1730 g/mol. The molecule has 22 rings (SSSR count). The Morgan fingerprint density at radius 3 is 0.700 bits per heavy atom. The average Bonchev–Trinajstić information content (AvgIpc) is 1.34. The van der Waals surface area contributed by atoms with E-state index in [2.05, 4.69) is 218 Å². The lowest BCUT2D eigenvalue weighted by atomic mass is 9.82. The van der Waals surface area contributed by atoms with E-state index in [9.17, 15) is 19.8 Å². The van der Waals surface area contributed by atoms with Gasteiger partial charge in [-0.3, -0.25) is 19.2 Å². The Labute approximate surface area is 815 Å². The van der Waals surface area contributed by atoms with Crippen molar-refractivity contribution < 1.29 is 57.9 Å². The van der Waals surface area contributed by atoms with Crippen LogP contribution in [0.3, 0.4) is 0 Å². The zero-order valence-corrected chi connectivity index (χ0v) is 83.4. The van der Waals surface area contributed by atoms with Crippen LogP contribution in [0.2, 0.25) is 0 Å². The number of hydrogen-bond acceptors (Lipinski definition) is 10. The zero-order valence-electron chi connectivity index (χ0n) is 83.4. The molecule has 18 aromatic rings. The fraction of sp³-hybridized carbons (Fsp3) is 0.254. The Kier molecular flexibility index (Phi) is 20.5. The number of imide groups is 2. The quantitative estimate of drug-likeness (QED) is 0.0444. The SMILES string of the molecule is Cc1cc2c(cc1CCc1cc3c(cc1C)-c1ccc4c5c(Oc6ccc(C(C)(C)C)cc6)cc6c7c(cc(Oc8ccc(C(C)(C)C)cc8)c(c8ccc-3c1c48)c75)C(=O)N(c1c(C(C)C)cc(C(=O)O)cc1C(C)C)C6=O)-c1ccc3c4c(Oc5ccc(C(C)(C)C)cc5)cc5c6c(cc(Oc7ccc(C(C)(C)C)cc7)c(c7ccc-2c1c73)c64)C(=O)N(c1c(C(C)C)cc(C(=O)O)cc1C(C)C)C5=O. The van der Waals surface area contributed by atoms with Crippen LogP contribution in [0.25, 0.3) is 131 Å². The smallest absolute Gasteiger partial charge is 0.335 e. The van der Waals surface area contributed by atoms with E-state index in [0.717, 1.165) is 134 Å². The fourth-order valence-corrected chi connectivity index (χ4v) is 22.7. The van der Waals surface area contributed by atoms with Crippen LogP contribution in [-0.2, 0) is 34.5 Å². The molecule has 2 aliphatic carbocycles. The van der Waals surface area contributed by atoms with Gasteiger partial charge in [-0.15, -0.1) is 0 Å². The maximum absolute atomic E-state index is 16.4. The molecule has 2 N–H and O–H groups in total. The molecule has 4 amide bonds. The van der Waals surface area contributed by atoms with Crippen LogP contribution < -0.4 is 28.7 Å². The lowest BCUT2D eigenvalue weighted by Crippen LogP contribution is -2.42. The van der Waals surface area contributed by atoms with Crippen molar-refractivity contribution in [2.45, 2.75) is 210 Å². The summed E-state index contributed by atoms with van der Waals surface area (Å²) in [5, 5.41) is 33.9. The molecule has 4 aliphatic rings. The van der Waals surface area contributed by atoms with Gasteiger partial charge in [-0.2, -0.15) is 0 Å². The zero-order chi connectivity index (χ0) is 98.6. The number of hydrogen-bond donors (Lipinski definition) is 2. The van der Waals surface area contributed by atoms with Crippen LogP contribution in [0.1, 0.15) is 291 Å². The van der Waals surface area contributed by atoms with Crippen LogP contribution in [0, 0.1) is 13.8 Å². The highest BCUT2D eigenvalue weighted by Gasteiger charge is 2.45. The first-order valence-electron chi connectivity index (χ1n) is 49.0. The number of amides is 4. The summed E-state index contributed by atoms with van der Waals surface area (Å²) in [6.45, 7) is 46.2. The fourth-order valence-electron chi connectivity index (χ4n) is 22.7. The van der Waals surface area contributed by atoms with Crippen molar-refractivity contribution in [1.29, 1.82) is 0 Å². The topological polar surface area (TPSA) is 186 Å². The van der Waals surface area contributed by atoms with E-state index < -0.39 is 35.6 Å². The number of ether oxygens (including phenoxy) is 4. The van der Waals surface area contributed by atoms with Crippen molar-refractivity contribution >= 4 is 133 Å². The molecule has 0 aromatic heterocycles. The molecule has 0 spiro atoms. The molecule has 14 heteroatoms. The van der Waals surface area contributed by atoms with Crippen LogP contribution in [0.4, 0.5) is 11.4 Å². The summed E-state index contributed by atoms with van der Waals surface area (Å²) in [7, 11) is 0. The number of aromatic carboxylic acids is 2. The minimum absolute atomic E-state index is 0.0722. The Morgan fingerprint density at radius 2 is 0.486 bits per heavy atom. The molecule has 14 nitrogen and oxygen atoms in total. The number of carboxylic acid groups (broad SMARTS) is 2. The van der Waals surface area contributed by atoms with Gasteiger partial charge in [-0.05, 0) is 323 Å². The number of nitrogens with zero attached hydrogens (tertiary/aromatic N) is 2. The van der Waals surface area contributed by atoms with Crippen LogP contribution in [-0.4, -0.2) is 45.8 Å². The number of carbonyl (C=O) groups excluding carboxylic acids is 4. The molecule has 2 aliphatic heterocycles. The van der Waals surface area contributed by atoms with Gasteiger partial charge < -0.3 is 29.2 Å². The van der Waals surface area contributed by atoms with Crippen LogP contribution in [0.15, 0.2) is 218 Å². The minimum atomic E-state index is -1.11. The van der Waals surface area contributed by atoms with Gasteiger partial charge in [0.1, 0.15) is 46.0 Å². The second-order valence-electron chi connectivity index (χ2n) is 44.6. The molecule has 0 atom stereocenters. The summed E-state index contributed by atoms with van der Waals surface area (Å²) in [4.78, 5) is 93.9. The first-order valence-corrected chi connectivity index (χ1v) is 49.0. The minimum Gasteiger partial charge on any atom is -0.478 e. The number of benzene rings is 18. The lowest BCUT2D eigenvalue weighted by Gasteiger charge is -2.34. The van der Waals surface area contributed by atoms with E-state index in [4.69, 9.17) is 18.9 Å². The molecule has 0 unspecified atom stereocenters. The summed E-state index contributed by atoms with van der Waals surface area (Å²) in [6.07, 6.45) is 1.46. The maximum atomic E-state index is 16.4. The third-order valence-electron chi connectivity index (χ3n) is 30.1. The predicted molar refractivity (Wildman–Crippen MR) is 567 cm³/mol. The molecule has 698 valence electrons. The Hall–Kier alpha value is -15.0. The van der Waals surface area contributed by atoms with Crippen molar-refractivity contribution in [3.8, 4) is 90.5 Å². The number of carbonyl (C=O) groups is 6. The first-order chi connectivity index (χ1) is 66.4. The highest BCUT2D eigenvalue weighted by atomic mass is 16.5. The second kappa shape index (κ2) is 31.8. The van der Waals surface area contributed by atoms with E-state index in [1.165, 1.54) is 20.9 Å². The third-order valence-corrected chi connectivity index (χ3v) is 30.1. The maximum Gasteiger partial charge on any atom is 0.335 e. The molecule has 2 heterocycles. The van der Waals surface area contributed by atoms with E-state index in [1.807, 2.05) is 128 Å². The summed E-state index contributed by atoms with van der Waals surface area (Å²) >= 11 is 0. The van der Waals surface area contributed by atoms with Crippen molar-refractivity contribution in [2.24, 2.45) is 0 Å². The second-order valence-corrected chi connectivity index (χ2v) is 44.6. The molecule has 0 saturated heterocycles. The van der Waals surface area contributed by atoms with Crippen LogP contribution in [0.5, 0.6) is 46.0 Å². The third kappa shape index (κ3) is 14.0. The Morgan fingerprint density at radius 1 is 0.264 bits per heavy atom. The van der Waals surface area contributed by atoms with Gasteiger partial charge in [0.15, 0.2) is 0 Å². The van der Waals surface area contributed by atoms with E-state index in [-0.39, 0.29) is 78.7 Å². The van der Waals surface area contributed by atoms with Crippen molar-refractivity contribution in [1.82, 2.24) is 0 Å². The largest absolute Gasteiger partial charge is 0.478 e. The monoisotopic (exact) mass is 1840 g/mol. The van der Waals surface area contributed by atoms with Gasteiger partial charge in [0.25, 0.3) is 23.6 Å². The number of rotatable bonds is 19. The van der Waals surface area contributed by atoms with Crippen molar-refractivity contribution in [3.63, 3.8) is 0 Å². The van der Waals surface area contributed by atoms with Crippen molar-refractivity contribution in [2.75, 3.05) is 9.80 Å². The number of carboxylic acids is 2. The number of fused-ring (bicyclic) bond motifs is 10. The van der Waals surface area contributed by atoms with Gasteiger partial charge in [0.2, 0.25) is 0 Å². The standard InChI is InChI=1S/C126H112N2O12/c1-61(2)87-53-69(121(133)134)54-88(62(3)4)115(87)127-117(129)95-57-99(137-75-33-25-71(26-34-75)123(11,12)13)109-83-45-41-79-91-49-65(9)67(51-93(91)81-43-47-85(105(83)103(79)81)111-101(59-97(119(127)131)107(95)113(109)111)139-77-37-29-73(30-38-77)125(17,18)19)23-24-68-52-94-82-44-48-86-106-84(46-42-80(104(82)106)92(94)50-66(68)10)110-100(138-76-35-27-72(28-36-76)124(14,15)16)58-96-108-98(60-102(112(86)114(108)110)140-78-39-31-74(32-40-78)126(20,21)22)120(132)128(118(96)130)116-89(63(5)6)55-70(122(135)136)56-90(116)64(7)8/h25-64H,23-24H2,1-22H3,(H,133,134)(H,135,136). The van der Waals surface area contributed by atoms with Crippen LogP contribution >= 0.6 is 0 Å². The Balaban J connectivity index is 0.692. The van der Waals surface area contributed by atoms with Gasteiger partial charge >= 0.3 is 11.9 Å². The highest BCUT2D eigenvalue weighted by molar-refractivity contribution is 6.48. The predicted octanol–water partition coefficient (Wildman–Crippen LogP) is 33.3. The molecule has 18 aromatic carbocycles. The molecular formula is C126H112N2O12. The normalized spacial score (nSPS) is 13.7. The van der Waals surface area contributed by atoms with E-state index in [1.54, 1.807) is 24.3 Å². The molecule has 0 saturated carbocycles. The number of aryl methyl sites for hydroxylation is 4. The lowest BCUT2D eigenvalue weighted by molar-refractivity contribution is 0.0686. The average molecular weight is 1850 g/mol. The summed E-state index contributed by atoms with van der Waals surface area (Å²) in [6, 6.07) is 73.4. The summed E-state index contributed by atoms with van der Waals surface area (Å²) in [5.41, 5.74) is 21.5. The van der Waals surface area contributed by atoms with E-state index in [0.29, 0.717) is 123 Å². The van der Waals surface area contributed by atoms with E-state index >= 15 is 19.2 Å². The van der Waals surface area contributed by atoms with Gasteiger partial charge in [-0.25, -0.2) is 19.4 Å². The molecule has 0 radical (unpaired) electrons. The van der Waals surface area contributed by atoms with Gasteiger partial charge in [-0.1, -0.05) is 260 Å². The number of anilines is 2. The molecule has 140 heavy (non-hydrogen) atoms. The van der Waals surface area contributed by atoms with Gasteiger partial charge in [0.05, 0.1) is 44.8 Å². The molecule has 0 fully saturated rings. The van der Waals surface area contributed by atoms with Gasteiger partial charge in [0, 0.05) is 43.1 Å².